The molecular weight excluding hydrogens is 418 g/mol. The van der Waals surface area contributed by atoms with Gasteiger partial charge in [0.2, 0.25) is 5.11 Å². The number of aromatic amines is 1. The number of fused-ring (bicyclic) bond motifs is 1. The molecule has 7 nitrogen and oxygen atoms in total. The average molecular weight is 438 g/mol. The summed E-state index contributed by atoms with van der Waals surface area (Å²) in [5, 5.41) is 21.9. The summed E-state index contributed by atoms with van der Waals surface area (Å²) in [6.07, 6.45) is 1.77. The minimum absolute atomic E-state index is 0.217. The van der Waals surface area contributed by atoms with Gasteiger partial charge in [0.25, 0.3) is 0 Å². The lowest BCUT2D eigenvalue weighted by Gasteiger charge is -2.11. The fourth-order valence-electron chi connectivity index (χ4n) is 3.09. The lowest BCUT2D eigenvalue weighted by atomic mass is 10.2. The van der Waals surface area contributed by atoms with Crippen molar-refractivity contribution in [3.63, 3.8) is 0 Å². The van der Waals surface area contributed by atoms with Crippen LogP contribution in [0.1, 0.15) is 19.9 Å². The highest BCUT2D eigenvalue weighted by Crippen LogP contribution is 2.34. The molecule has 0 aliphatic heterocycles. The molecule has 0 bridgehead atoms. The number of halogens is 1. The van der Waals surface area contributed by atoms with Gasteiger partial charge in [-0.05, 0) is 38.2 Å². The summed E-state index contributed by atoms with van der Waals surface area (Å²) in [7, 11) is 0. The van der Waals surface area contributed by atoms with E-state index in [-0.39, 0.29) is 11.2 Å². The monoisotopic (exact) mass is 437 g/mol. The Morgan fingerprint density at radius 3 is 2.60 bits per heavy atom. The molecule has 0 amide bonds. The number of azo groups is 1. The normalized spacial score (nSPS) is 11.5. The Hall–Kier alpha value is -3.23. The van der Waals surface area contributed by atoms with E-state index >= 15 is 0 Å². The van der Waals surface area contributed by atoms with Crippen molar-refractivity contribution in [2.75, 3.05) is 10.6 Å². The van der Waals surface area contributed by atoms with Crippen LogP contribution in [0.3, 0.4) is 0 Å². The van der Waals surface area contributed by atoms with Gasteiger partial charge in [0, 0.05) is 22.9 Å². The van der Waals surface area contributed by atoms with E-state index in [4.69, 9.17) is 23.8 Å². The molecule has 0 spiro atoms. The summed E-state index contributed by atoms with van der Waals surface area (Å²) in [4.78, 5) is 3.30. The molecule has 152 valence electrons. The Labute approximate surface area is 184 Å². The Kier molecular flexibility index (Phi) is 5.78. The van der Waals surface area contributed by atoms with E-state index in [0.29, 0.717) is 16.5 Å². The van der Waals surface area contributed by atoms with E-state index in [1.165, 1.54) is 0 Å². The molecule has 30 heavy (non-hydrogen) atoms. The fraction of sp³-hybridized carbons (Fsp3) is 0.143. The molecule has 3 N–H and O–H groups in total. The number of nitrogens with one attached hydrogen (secondary N) is 3. The van der Waals surface area contributed by atoms with E-state index in [2.05, 4.69) is 44.8 Å². The second kappa shape index (κ2) is 8.64. The molecular formula is C21H20ClN7S. The van der Waals surface area contributed by atoms with Crippen LogP contribution in [0.25, 0.3) is 10.8 Å². The lowest BCUT2D eigenvalue weighted by Crippen LogP contribution is -2.07. The third-order valence-corrected chi connectivity index (χ3v) is 4.98. The lowest BCUT2D eigenvalue weighted by molar-refractivity contribution is 0.540. The molecule has 0 saturated carbocycles. The van der Waals surface area contributed by atoms with E-state index in [1.807, 2.05) is 53.2 Å². The van der Waals surface area contributed by atoms with Crippen molar-refractivity contribution in [1.82, 2.24) is 14.8 Å². The van der Waals surface area contributed by atoms with Gasteiger partial charge in [-0.1, -0.05) is 48.0 Å². The van der Waals surface area contributed by atoms with Crippen LogP contribution < -0.4 is 10.6 Å². The van der Waals surface area contributed by atoms with Gasteiger partial charge in [0.05, 0.1) is 16.9 Å². The molecule has 2 aromatic carbocycles. The van der Waals surface area contributed by atoms with Gasteiger partial charge >= 0.3 is 0 Å². The molecule has 0 saturated heterocycles. The first-order valence-corrected chi connectivity index (χ1v) is 10.2. The number of para-hydroxylation sites is 1. The zero-order chi connectivity index (χ0) is 21.1. The van der Waals surface area contributed by atoms with Crippen molar-refractivity contribution >= 4 is 62.8 Å². The number of aromatic nitrogens is 3. The highest BCUT2D eigenvalue weighted by atomic mass is 35.5. The summed E-state index contributed by atoms with van der Waals surface area (Å²) in [5.41, 5.74) is 0.684. The largest absolute Gasteiger partial charge is 0.328 e. The second-order valence-corrected chi connectivity index (χ2v) is 7.68. The van der Waals surface area contributed by atoms with Crippen molar-refractivity contribution in [2.45, 2.75) is 19.9 Å². The number of hydrogen-bond acceptors (Lipinski definition) is 4. The molecule has 2 heterocycles. The van der Waals surface area contributed by atoms with Gasteiger partial charge in [0.15, 0.2) is 5.82 Å². The van der Waals surface area contributed by atoms with E-state index in [9.17, 15) is 0 Å². The Morgan fingerprint density at radius 2 is 1.83 bits per heavy atom. The van der Waals surface area contributed by atoms with Gasteiger partial charge in [-0.3, -0.25) is 0 Å². The smallest absolute Gasteiger partial charge is 0.218 e. The van der Waals surface area contributed by atoms with Crippen LogP contribution >= 0.6 is 23.8 Å². The van der Waals surface area contributed by atoms with Crippen molar-refractivity contribution in [1.29, 1.82) is 0 Å². The first-order chi connectivity index (χ1) is 14.5. The Morgan fingerprint density at radius 1 is 1.10 bits per heavy atom. The first kappa shape index (κ1) is 20.1. The Bertz CT molecular complexity index is 1230. The number of rotatable bonds is 5. The highest BCUT2D eigenvalue weighted by molar-refractivity contribution is 7.80. The fourth-order valence-corrected chi connectivity index (χ4v) is 3.42. The molecule has 0 unspecified atom stereocenters. The zero-order valence-corrected chi connectivity index (χ0v) is 18.0. The summed E-state index contributed by atoms with van der Waals surface area (Å²) in [6.45, 7) is 4.16. The predicted octanol–water partition coefficient (Wildman–Crippen LogP) is 6.82. The highest BCUT2D eigenvalue weighted by Gasteiger charge is 2.13. The van der Waals surface area contributed by atoms with Gasteiger partial charge in [-0.25, -0.2) is 4.68 Å². The molecule has 0 fully saturated rings. The van der Waals surface area contributed by atoms with E-state index in [0.717, 1.165) is 22.4 Å². The number of H-pyrrole nitrogens is 1. The van der Waals surface area contributed by atoms with Crippen molar-refractivity contribution < 1.29 is 0 Å². The summed E-state index contributed by atoms with van der Waals surface area (Å²) < 4.78 is 1.92. The van der Waals surface area contributed by atoms with Crippen LogP contribution in [0.5, 0.6) is 0 Å². The topological polar surface area (TPSA) is 82.4 Å². The number of benzene rings is 2. The summed E-state index contributed by atoms with van der Waals surface area (Å²) >= 11 is 11.4. The predicted molar refractivity (Wildman–Crippen MR) is 126 cm³/mol. The third kappa shape index (κ3) is 4.19. The van der Waals surface area contributed by atoms with Gasteiger partial charge in [-0.2, -0.15) is 5.10 Å². The van der Waals surface area contributed by atoms with Crippen LogP contribution in [-0.4, -0.2) is 19.9 Å². The van der Waals surface area contributed by atoms with Gasteiger partial charge < -0.3 is 15.6 Å². The maximum Gasteiger partial charge on any atom is 0.218 e. The molecule has 0 aliphatic rings. The Balaban J connectivity index is 1.60. The van der Waals surface area contributed by atoms with Crippen LogP contribution in [-0.2, 0) is 0 Å². The third-order valence-electron chi connectivity index (χ3n) is 4.46. The minimum Gasteiger partial charge on any atom is -0.328 e. The maximum atomic E-state index is 6.15. The maximum absolute atomic E-state index is 6.15. The average Bonchev–Trinajstić information content (AvgIpc) is 3.34. The van der Waals surface area contributed by atoms with Crippen LogP contribution in [0, 0.1) is 0 Å². The summed E-state index contributed by atoms with van der Waals surface area (Å²) in [5.74, 6) is 2.30. The number of nitrogens with zero attached hydrogens (tertiary/aromatic N) is 4. The van der Waals surface area contributed by atoms with Crippen molar-refractivity contribution in [3.05, 3.63) is 65.8 Å². The molecule has 0 radical (unpaired) electrons. The first-order valence-electron chi connectivity index (χ1n) is 9.41. The minimum atomic E-state index is 0.217. The molecule has 0 aliphatic carbocycles. The van der Waals surface area contributed by atoms with Gasteiger partial charge in [0.1, 0.15) is 11.6 Å². The van der Waals surface area contributed by atoms with Crippen LogP contribution in [0.15, 0.2) is 71.0 Å². The van der Waals surface area contributed by atoms with Crippen molar-refractivity contribution in [3.8, 4) is 0 Å². The number of thiocarbonyl (C=S) groups is 1. The molecule has 2 aromatic heterocycles. The molecule has 4 aromatic rings. The number of anilines is 3. The second-order valence-electron chi connectivity index (χ2n) is 6.88. The quantitative estimate of drug-likeness (QED) is 0.236. The number of hydrogen-bond donors (Lipinski definition) is 3. The van der Waals surface area contributed by atoms with Crippen LogP contribution in [0.2, 0.25) is 5.02 Å². The van der Waals surface area contributed by atoms with Crippen LogP contribution in [0.4, 0.5) is 23.1 Å². The molecule has 4 rings (SSSR count). The van der Waals surface area contributed by atoms with E-state index in [1.54, 1.807) is 12.3 Å². The summed E-state index contributed by atoms with van der Waals surface area (Å²) in [6, 6.07) is 17.4. The zero-order valence-electron chi connectivity index (χ0n) is 16.4. The SMILES string of the molecule is CC(C)n1nccc1Nc1[nH]c(/N=N/C(=S)Nc2ccccc2Cl)c2ccccc12. The molecule has 0 atom stereocenters. The molecule has 9 heteroatoms. The standard InChI is InChI=1S/C21H20ClN7S/c1-13(2)29-18(11-12-23-29)25-19-14-7-3-4-8-15(14)20(26-19)27-28-21(30)24-17-10-6-5-9-16(17)22/h3-13,25-26H,1-2H3,(H,24,30)/b28-27+. The van der Waals surface area contributed by atoms with E-state index < -0.39 is 0 Å². The van der Waals surface area contributed by atoms with Crippen molar-refractivity contribution in [2.24, 2.45) is 10.2 Å². The van der Waals surface area contributed by atoms with Gasteiger partial charge in [-0.15, -0.1) is 10.2 Å².